The molecule has 0 spiro atoms. The van der Waals surface area contributed by atoms with E-state index in [4.69, 9.17) is 0 Å². The Labute approximate surface area is 104 Å². The molecule has 0 radical (unpaired) electrons. The summed E-state index contributed by atoms with van der Waals surface area (Å²) in [5, 5.41) is 9.34. The lowest BCUT2D eigenvalue weighted by Crippen LogP contribution is -2.39. The van der Waals surface area contributed by atoms with Crippen LogP contribution < -0.4 is 0 Å². The Morgan fingerprint density at radius 1 is 1.33 bits per heavy atom. The summed E-state index contributed by atoms with van der Waals surface area (Å²) in [5.74, 6) is -1.74. The van der Waals surface area contributed by atoms with Crippen molar-refractivity contribution >= 4 is 5.78 Å². The Morgan fingerprint density at radius 3 is 2.67 bits per heavy atom. The average molecular weight is 255 g/mol. The number of halogens is 2. The molecule has 2 rings (SSSR count). The minimum absolute atomic E-state index is 0.0626. The Morgan fingerprint density at radius 2 is 2.00 bits per heavy atom. The van der Waals surface area contributed by atoms with Gasteiger partial charge in [0.2, 0.25) is 0 Å². The molecule has 1 N–H and O–H groups in total. The number of ketones is 1. The highest BCUT2D eigenvalue weighted by Gasteiger charge is 2.21. The van der Waals surface area contributed by atoms with Crippen LogP contribution in [0.15, 0.2) is 18.2 Å². The molecule has 1 saturated heterocycles. The lowest BCUT2D eigenvalue weighted by atomic mass is 10.1. The number of carbonyl (C=O) groups is 1. The normalized spacial score (nSPS) is 17.9. The van der Waals surface area contributed by atoms with Gasteiger partial charge >= 0.3 is 0 Å². The molecule has 1 aromatic rings. The lowest BCUT2D eigenvalue weighted by Gasteiger charge is -2.28. The Bertz CT molecular complexity index is 443. The number of benzene rings is 1. The van der Waals surface area contributed by atoms with Crippen LogP contribution in [-0.2, 0) is 0 Å². The molecule has 1 aliphatic rings. The van der Waals surface area contributed by atoms with Crippen molar-refractivity contribution in [3.63, 3.8) is 0 Å². The average Bonchev–Trinajstić information content (AvgIpc) is 2.35. The van der Waals surface area contributed by atoms with Crippen LogP contribution >= 0.6 is 0 Å². The molecule has 0 aliphatic carbocycles. The zero-order chi connectivity index (χ0) is 13.1. The van der Waals surface area contributed by atoms with Crippen molar-refractivity contribution in [3.8, 4) is 0 Å². The first kappa shape index (κ1) is 13.1. The van der Waals surface area contributed by atoms with Gasteiger partial charge in [-0.25, -0.2) is 8.78 Å². The molecular formula is C13H15F2NO2. The summed E-state index contributed by atoms with van der Waals surface area (Å²) in [6.45, 7) is 1.26. The number of aliphatic hydroxyl groups is 1. The largest absolute Gasteiger partial charge is 0.393 e. The number of carbonyl (C=O) groups excluding carboxylic acids is 1. The molecule has 0 atom stereocenters. The highest BCUT2D eigenvalue weighted by Crippen LogP contribution is 2.14. The minimum Gasteiger partial charge on any atom is -0.393 e. The monoisotopic (exact) mass is 255 g/mol. The number of likely N-dealkylation sites (tertiary alicyclic amines) is 1. The Hall–Kier alpha value is -1.33. The van der Waals surface area contributed by atoms with Crippen LogP contribution in [0, 0.1) is 11.6 Å². The van der Waals surface area contributed by atoms with Crippen molar-refractivity contribution < 1.29 is 18.7 Å². The third kappa shape index (κ3) is 3.11. The molecule has 1 aromatic carbocycles. The number of nitrogens with zero attached hydrogens (tertiary/aromatic N) is 1. The van der Waals surface area contributed by atoms with Crippen molar-refractivity contribution in [2.24, 2.45) is 0 Å². The van der Waals surface area contributed by atoms with Gasteiger partial charge in [-0.3, -0.25) is 9.69 Å². The molecule has 1 heterocycles. The molecule has 5 heteroatoms. The molecule has 1 fully saturated rings. The van der Waals surface area contributed by atoms with E-state index in [1.807, 2.05) is 4.90 Å². The molecule has 3 nitrogen and oxygen atoms in total. The molecule has 98 valence electrons. The summed E-state index contributed by atoms with van der Waals surface area (Å²) < 4.78 is 26.4. The molecule has 0 unspecified atom stereocenters. The number of hydrogen-bond donors (Lipinski definition) is 1. The second kappa shape index (κ2) is 5.54. The number of rotatable bonds is 3. The van der Waals surface area contributed by atoms with Crippen LogP contribution in [0.4, 0.5) is 8.78 Å². The topological polar surface area (TPSA) is 40.5 Å². The molecule has 0 aromatic heterocycles. The fraction of sp³-hybridized carbons (Fsp3) is 0.462. The van der Waals surface area contributed by atoms with Crippen molar-refractivity contribution in [3.05, 3.63) is 35.4 Å². The standard InChI is InChI=1S/C13H15F2NO2/c14-9-1-2-12(15)11(7-9)13(18)8-16-5-3-10(17)4-6-16/h1-2,7,10,17H,3-6,8H2. The maximum atomic E-state index is 13.4. The van der Waals surface area contributed by atoms with Crippen LogP contribution in [-0.4, -0.2) is 41.5 Å². The summed E-state index contributed by atoms with van der Waals surface area (Å²) >= 11 is 0. The summed E-state index contributed by atoms with van der Waals surface area (Å²) in [6, 6.07) is 2.88. The number of aliphatic hydroxyl groups excluding tert-OH is 1. The van der Waals surface area contributed by atoms with Gasteiger partial charge in [-0.2, -0.15) is 0 Å². The van der Waals surface area contributed by atoms with E-state index in [0.29, 0.717) is 25.9 Å². The van der Waals surface area contributed by atoms with Gasteiger partial charge in [0, 0.05) is 13.1 Å². The summed E-state index contributed by atoms with van der Waals surface area (Å²) in [6.07, 6.45) is 0.903. The maximum Gasteiger partial charge on any atom is 0.179 e. The van der Waals surface area contributed by atoms with Gasteiger partial charge in [-0.15, -0.1) is 0 Å². The predicted molar refractivity (Wildman–Crippen MR) is 62.4 cm³/mol. The van der Waals surface area contributed by atoms with Crippen molar-refractivity contribution in [1.29, 1.82) is 0 Å². The maximum absolute atomic E-state index is 13.4. The number of piperidine rings is 1. The number of hydrogen-bond acceptors (Lipinski definition) is 3. The van der Waals surface area contributed by atoms with Gasteiger partial charge in [0.25, 0.3) is 0 Å². The smallest absolute Gasteiger partial charge is 0.179 e. The van der Waals surface area contributed by atoms with Gasteiger partial charge in [0.05, 0.1) is 18.2 Å². The van der Waals surface area contributed by atoms with E-state index in [1.165, 1.54) is 0 Å². The first-order valence-electron chi connectivity index (χ1n) is 5.95. The molecule has 1 aliphatic heterocycles. The highest BCUT2D eigenvalue weighted by atomic mass is 19.1. The number of Topliss-reactive ketones (excluding diaryl/α,β-unsaturated/α-hetero) is 1. The highest BCUT2D eigenvalue weighted by molar-refractivity contribution is 5.97. The van der Waals surface area contributed by atoms with E-state index in [9.17, 15) is 18.7 Å². The fourth-order valence-electron chi connectivity index (χ4n) is 2.08. The van der Waals surface area contributed by atoms with Gasteiger partial charge in [0.1, 0.15) is 11.6 Å². The van der Waals surface area contributed by atoms with Gasteiger partial charge in [-0.05, 0) is 31.0 Å². The van der Waals surface area contributed by atoms with Crippen molar-refractivity contribution in [2.45, 2.75) is 18.9 Å². The van der Waals surface area contributed by atoms with E-state index < -0.39 is 17.4 Å². The van der Waals surface area contributed by atoms with Crippen molar-refractivity contribution in [1.82, 2.24) is 4.90 Å². The van der Waals surface area contributed by atoms with Crippen LogP contribution in [0.3, 0.4) is 0 Å². The lowest BCUT2D eigenvalue weighted by molar-refractivity contribution is 0.0708. The second-order valence-corrected chi connectivity index (χ2v) is 4.55. The third-order valence-electron chi connectivity index (χ3n) is 3.15. The summed E-state index contributed by atoms with van der Waals surface area (Å²) in [5.41, 5.74) is -0.207. The van der Waals surface area contributed by atoms with Crippen molar-refractivity contribution in [2.75, 3.05) is 19.6 Å². The third-order valence-corrected chi connectivity index (χ3v) is 3.15. The molecule has 0 saturated carbocycles. The van der Waals surface area contributed by atoms with Crippen LogP contribution in [0.1, 0.15) is 23.2 Å². The van der Waals surface area contributed by atoms with E-state index in [2.05, 4.69) is 0 Å². The van der Waals surface area contributed by atoms with Crippen LogP contribution in [0.2, 0.25) is 0 Å². The molecule has 0 amide bonds. The Balaban J connectivity index is 2.01. The SMILES string of the molecule is O=C(CN1CCC(O)CC1)c1cc(F)ccc1F. The summed E-state index contributed by atoms with van der Waals surface area (Å²) in [4.78, 5) is 13.7. The van der Waals surface area contributed by atoms with Gasteiger partial charge < -0.3 is 5.11 Å². The van der Waals surface area contributed by atoms with E-state index in [0.717, 1.165) is 18.2 Å². The van der Waals surface area contributed by atoms with Crippen LogP contribution in [0.5, 0.6) is 0 Å². The quantitative estimate of drug-likeness (QED) is 0.834. The molecular weight excluding hydrogens is 240 g/mol. The first-order valence-corrected chi connectivity index (χ1v) is 5.95. The Kier molecular flexibility index (Phi) is 4.04. The van der Waals surface area contributed by atoms with E-state index >= 15 is 0 Å². The van der Waals surface area contributed by atoms with Gasteiger partial charge in [0.15, 0.2) is 5.78 Å². The second-order valence-electron chi connectivity index (χ2n) is 4.55. The summed E-state index contributed by atoms with van der Waals surface area (Å²) in [7, 11) is 0. The van der Waals surface area contributed by atoms with E-state index in [-0.39, 0.29) is 18.2 Å². The van der Waals surface area contributed by atoms with Crippen LogP contribution in [0.25, 0.3) is 0 Å². The van der Waals surface area contributed by atoms with E-state index in [1.54, 1.807) is 0 Å². The predicted octanol–water partition coefficient (Wildman–Crippen LogP) is 1.60. The zero-order valence-electron chi connectivity index (χ0n) is 9.90. The first-order chi connectivity index (χ1) is 8.56. The minimum atomic E-state index is -0.696. The molecule has 0 bridgehead atoms. The van der Waals surface area contributed by atoms with Gasteiger partial charge in [-0.1, -0.05) is 0 Å². The zero-order valence-corrected chi connectivity index (χ0v) is 9.90. The fourth-order valence-corrected chi connectivity index (χ4v) is 2.08. The molecule has 18 heavy (non-hydrogen) atoms.